The number of rotatable bonds is 4. The summed E-state index contributed by atoms with van der Waals surface area (Å²) in [4.78, 5) is 0. The highest BCUT2D eigenvalue weighted by Crippen LogP contribution is 2.36. The lowest BCUT2D eigenvalue weighted by Crippen LogP contribution is -2.18. The van der Waals surface area contributed by atoms with E-state index in [-0.39, 0.29) is 6.04 Å². The maximum Gasteiger partial charge on any atom is 0.141 e. The Morgan fingerprint density at radius 2 is 2.19 bits per heavy atom. The number of hydrogen-bond donors (Lipinski definition) is 1. The molecule has 0 aromatic heterocycles. The van der Waals surface area contributed by atoms with Crippen molar-refractivity contribution in [1.29, 1.82) is 0 Å². The second kappa shape index (κ2) is 4.64. The molecule has 0 spiro atoms. The number of halogens is 1. The van der Waals surface area contributed by atoms with Crippen LogP contribution >= 0.6 is 11.6 Å². The highest BCUT2D eigenvalue weighted by atomic mass is 35.5. The third-order valence-electron chi connectivity index (χ3n) is 2.62. The van der Waals surface area contributed by atoms with Crippen LogP contribution in [-0.4, -0.2) is 12.1 Å². The van der Waals surface area contributed by atoms with Gasteiger partial charge in [-0.1, -0.05) is 17.7 Å². The molecule has 0 aliphatic heterocycles. The zero-order valence-corrected chi connectivity index (χ0v) is 10.6. The van der Waals surface area contributed by atoms with Crippen molar-refractivity contribution in [3.05, 3.63) is 28.3 Å². The summed E-state index contributed by atoms with van der Waals surface area (Å²) >= 11 is 6.22. The molecule has 0 saturated heterocycles. The first-order valence-corrected chi connectivity index (χ1v) is 6.15. The summed E-state index contributed by atoms with van der Waals surface area (Å²) < 4.78 is 5.86. The van der Waals surface area contributed by atoms with Gasteiger partial charge in [0.2, 0.25) is 0 Å². The lowest BCUT2D eigenvalue weighted by Gasteiger charge is -2.15. The van der Waals surface area contributed by atoms with Gasteiger partial charge in [0.25, 0.3) is 0 Å². The van der Waals surface area contributed by atoms with Gasteiger partial charge in [0.15, 0.2) is 0 Å². The smallest absolute Gasteiger partial charge is 0.141 e. The number of ether oxygens (including phenoxy) is 1. The molecule has 2 rings (SSSR count). The maximum atomic E-state index is 6.22. The molecule has 1 saturated carbocycles. The topological polar surface area (TPSA) is 35.2 Å². The second-order valence-corrected chi connectivity index (χ2v) is 5.14. The fraction of sp³-hybridized carbons (Fsp3) is 0.538. The van der Waals surface area contributed by atoms with Crippen LogP contribution in [0.4, 0.5) is 0 Å². The van der Waals surface area contributed by atoms with Crippen molar-refractivity contribution >= 4 is 11.6 Å². The summed E-state index contributed by atoms with van der Waals surface area (Å²) in [5.41, 5.74) is 8.13. The van der Waals surface area contributed by atoms with Gasteiger partial charge in [0, 0.05) is 6.04 Å². The van der Waals surface area contributed by atoms with Gasteiger partial charge in [-0.15, -0.1) is 0 Å². The van der Waals surface area contributed by atoms with Crippen molar-refractivity contribution in [2.24, 2.45) is 5.73 Å². The van der Waals surface area contributed by atoms with E-state index in [4.69, 9.17) is 22.1 Å². The molecule has 88 valence electrons. The molecule has 1 aliphatic carbocycles. The minimum atomic E-state index is 0.124. The van der Waals surface area contributed by atoms with E-state index < -0.39 is 0 Å². The molecule has 16 heavy (non-hydrogen) atoms. The lowest BCUT2D eigenvalue weighted by atomic mass is 10.0. The van der Waals surface area contributed by atoms with Crippen LogP contribution in [0.25, 0.3) is 0 Å². The normalized spacial score (nSPS) is 17.2. The molecule has 1 aliphatic rings. The first-order chi connectivity index (χ1) is 7.56. The molecule has 3 heteroatoms. The second-order valence-electron chi connectivity index (χ2n) is 4.73. The van der Waals surface area contributed by atoms with Crippen LogP contribution in [0.3, 0.4) is 0 Å². The summed E-state index contributed by atoms with van der Waals surface area (Å²) in [5.74, 6) is 0.840. The predicted molar refractivity (Wildman–Crippen MR) is 67.2 cm³/mol. The summed E-state index contributed by atoms with van der Waals surface area (Å²) in [5, 5.41) is 0.711. The Bertz CT molecular complexity index is 386. The zero-order valence-electron chi connectivity index (χ0n) is 9.79. The summed E-state index contributed by atoms with van der Waals surface area (Å²) in [6.07, 6.45) is 3.46. The van der Waals surface area contributed by atoms with Gasteiger partial charge in [-0.3, -0.25) is 0 Å². The molecular weight excluding hydrogens is 222 g/mol. The van der Waals surface area contributed by atoms with Crippen LogP contribution in [0.15, 0.2) is 12.1 Å². The van der Waals surface area contributed by atoms with Crippen molar-refractivity contribution in [3.8, 4) is 5.75 Å². The van der Waals surface area contributed by atoms with Gasteiger partial charge >= 0.3 is 0 Å². The van der Waals surface area contributed by atoms with Gasteiger partial charge in [0.05, 0.1) is 11.1 Å². The van der Waals surface area contributed by atoms with E-state index in [0.717, 1.165) is 36.1 Å². The molecule has 0 bridgehead atoms. The van der Waals surface area contributed by atoms with Crippen LogP contribution in [0.2, 0.25) is 5.02 Å². The average molecular weight is 240 g/mol. The van der Waals surface area contributed by atoms with E-state index >= 15 is 0 Å². The Labute approximate surface area is 102 Å². The molecule has 0 radical (unpaired) electrons. The van der Waals surface area contributed by atoms with E-state index in [0.29, 0.717) is 11.1 Å². The van der Waals surface area contributed by atoms with Crippen LogP contribution in [0.1, 0.15) is 30.9 Å². The van der Waals surface area contributed by atoms with Gasteiger partial charge < -0.3 is 10.5 Å². The molecule has 0 amide bonds. The maximum absolute atomic E-state index is 6.22. The summed E-state index contributed by atoms with van der Waals surface area (Å²) in [6.45, 7) is 4.04. The largest absolute Gasteiger partial charge is 0.489 e. The fourth-order valence-electron chi connectivity index (χ4n) is 1.78. The van der Waals surface area contributed by atoms with Gasteiger partial charge in [0.1, 0.15) is 5.75 Å². The Morgan fingerprint density at radius 3 is 2.75 bits per heavy atom. The standard InChI is InChI=1S/C13H18ClNO/c1-8-5-10(7-9(2)15)13(12(14)6-8)16-11-3-4-11/h5-6,9,11H,3-4,7,15H2,1-2H3. The van der Waals surface area contributed by atoms with Crippen molar-refractivity contribution in [2.45, 2.75) is 45.3 Å². The molecule has 1 fully saturated rings. The Morgan fingerprint density at radius 1 is 1.50 bits per heavy atom. The third kappa shape index (κ3) is 2.89. The van der Waals surface area contributed by atoms with E-state index in [9.17, 15) is 0 Å². The molecular formula is C13H18ClNO. The predicted octanol–water partition coefficient (Wildman–Crippen LogP) is 3.08. The Hall–Kier alpha value is -0.730. The van der Waals surface area contributed by atoms with Crippen molar-refractivity contribution in [2.75, 3.05) is 0 Å². The molecule has 1 unspecified atom stereocenters. The third-order valence-corrected chi connectivity index (χ3v) is 2.90. The number of aryl methyl sites for hydroxylation is 1. The van der Waals surface area contributed by atoms with Gasteiger partial charge in [-0.05, 0) is 50.3 Å². The molecule has 1 atom stereocenters. The minimum Gasteiger partial charge on any atom is -0.489 e. The first-order valence-electron chi connectivity index (χ1n) is 5.77. The van der Waals surface area contributed by atoms with E-state index in [1.165, 1.54) is 0 Å². The number of nitrogens with two attached hydrogens (primary N) is 1. The summed E-state index contributed by atoms with van der Waals surface area (Å²) in [7, 11) is 0. The summed E-state index contributed by atoms with van der Waals surface area (Å²) in [6, 6.07) is 4.19. The highest BCUT2D eigenvalue weighted by Gasteiger charge is 2.26. The van der Waals surface area contributed by atoms with Crippen LogP contribution in [-0.2, 0) is 6.42 Å². The molecule has 1 aromatic rings. The van der Waals surface area contributed by atoms with Gasteiger partial charge in [-0.2, -0.15) is 0 Å². The molecule has 1 aromatic carbocycles. The number of hydrogen-bond acceptors (Lipinski definition) is 2. The van der Waals surface area contributed by atoms with E-state index in [2.05, 4.69) is 6.07 Å². The molecule has 2 N–H and O–H groups in total. The van der Waals surface area contributed by atoms with Crippen molar-refractivity contribution in [3.63, 3.8) is 0 Å². The molecule has 2 nitrogen and oxygen atoms in total. The zero-order chi connectivity index (χ0) is 11.7. The molecule has 0 heterocycles. The fourth-order valence-corrected chi connectivity index (χ4v) is 2.12. The highest BCUT2D eigenvalue weighted by molar-refractivity contribution is 6.32. The first kappa shape index (κ1) is 11.7. The lowest BCUT2D eigenvalue weighted by molar-refractivity contribution is 0.299. The van der Waals surface area contributed by atoms with Crippen LogP contribution < -0.4 is 10.5 Å². The van der Waals surface area contributed by atoms with Gasteiger partial charge in [-0.25, -0.2) is 0 Å². The monoisotopic (exact) mass is 239 g/mol. The van der Waals surface area contributed by atoms with Crippen LogP contribution in [0.5, 0.6) is 5.75 Å². The Balaban J connectivity index is 2.29. The SMILES string of the molecule is Cc1cc(Cl)c(OC2CC2)c(CC(C)N)c1. The quantitative estimate of drug-likeness (QED) is 0.877. The minimum absolute atomic E-state index is 0.124. The van der Waals surface area contributed by atoms with Crippen LogP contribution in [0, 0.1) is 6.92 Å². The van der Waals surface area contributed by atoms with Crippen molar-refractivity contribution in [1.82, 2.24) is 0 Å². The average Bonchev–Trinajstić information content (AvgIpc) is 2.93. The van der Waals surface area contributed by atoms with Crippen molar-refractivity contribution < 1.29 is 4.74 Å². The van der Waals surface area contributed by atoms with E-state index in [1.54, 1.807) is 0 Å². The number of benzene rings is 1. The Kier molecular flexibility index (Phi) is 3.41. The van der Waals surface area contributed by atoms with E-state index in [1.807, 2.05) is 19.9 Å².